The Hall–Kier alpha value is -2.61. The first-order valence-electron chi connectivity index (χ1n) is 7.48. The van der Waals surface area contributed by atoms with E-state index in [2.05, 4.69) is 9.71 Å². The van der Waals surface area contributed by atoms with Crippen molar-refractivity contribution in [1.29, 1.82) is 0 Å². The van der Waals surface area contributed by atoms with E-state index in [0.717, 1.165) is 0 Å². The predicted octanol–water partition coefficient (Wildman–Crippen LogP) is 1.37. The van der Waals surface area contributed by atoms with Crippen molar-refractivity contribution in [2.45, 2.75) is 18.4 Å². The SMILES string of the molecule is CCN(Cc1ccco1)C(=O)CN=C1NS(=O)(=O)c2ccccc21. The Labute approximate surface area is 140 Å². The van der Waals surface area contributed by atoms with Crippen molar-refractivity contribution in [1.82, 2.24) is 9.62 Å². The van der Waals surface area contributed by atoms with Gasteiger partial charge in [0.1, 0.15) is 18.1 Å². The minimum Gasteiger partial charge on any atom is -0.467 e. The Kier molecular flexibility index (Phi) is 4.39. The summed E-state index contributed by atoms with van der Waals surface area (Å²) in [6.07, 6.45) is 1.55. The molecule has 2 aromatic rings. The number of fused-ring (bicyclic) bond motifs is 1. The predicted molar refractivity (Wildman–Crippen MR) is 88.0 cm³/mol. The first-order chi connectivity index (χ1) is 11.5. The fourth-order valence-corrected chi connectivity index (χ4v) is 3.72. The van der Waals surface area contributed by atoms with Crippen LogP contribution in [0.25, 0.3) is 0 Å². The van der Waals surface area contributed by atoms with Crippen LogP contribution >= 0.6 is 0 Å². The lowest BCUT2D eigenvalue weighted by Crippen LogP contribution is -2.33. The molecule has 0 unspecified atom stereocenters. The van der Waals surface area contributed by atoms with Crippen molar-refractivity contribution in [3.05, 3.63) is 54.0 Å². The number of likely N-dealkylation sites (N-methyl/N-ethyl adjacent to an activating group) is 1. The Morgan fingerprint density at radius 2 is 2.04 bits per heavy atom. The summed E-state index contributed by atoms with van der Waals surface area (Å²) in [6, 6.07) is 10.1. The van der Waals surface area contributed by atoms with E-state index in [1.807, 2.05) is 6.92 Å². The van der Waals surface area contributed by atoms with Crippen LogP contribution in [0.5, 0.6) is 0 Å². The number of hydrogen-bond donors (Lipinski definition) is 1. The number of aliphatic imine (C=N–C) groups is 1. The third-order valence-corrected chi connectivity index (χ3v) is 5.09. The van der Waals surface area contributed by atoms with Crippen molar-refractivity contribution in [2.75, 3.05) is 13.1 Å². The Bertz CT molecular complexity index is 872. The first kappa shape index (κ1) is 16.3. The van der Waals surface area contributed by atoms with Gasteiger partial charge >= 0.3 is 0 Å². The van der Waals surface area contributed by atoms with E-state index < -0.39 is 10.0 Å². The molecule has 1 amide bonds. The second-order valence-electron chi connectivity index (χ2n) is 5.25. The minimum absolute atomic E-state index is 0.138. The van der Waals surface area contributed by atoms with E-state index in [1.165, 1.54) is 6.07 Å². The van der Waals surface area contributed by atoms with Crippen LogP contribution < -0.4 is 4.72 Å². The summed E-state index contributed by atoms with van der Waals surface area (Å²) < 4.78 is 31.7. The van der Waals surface area contributed by atoms with Gasteiger partial charge in [-0.15, -0.1) is 0 Å². The maximum atomic E-state index is 12.3. The summed E-state index contributed by atoms with van der Waals surface area (Å²) in [4.78, 5) is 18.3. The topological polar surface area (TPSA) is 92.0 Å². The quantitative estimate of drug-likeness (QED) is 0.884. The summed E-state index contributed by atoms with van der Waals surface area (Å²) in [5, 5.41) is 0. The zero-order valence-electron chi connectivity index (χ0n) is 13.1. The Balaban J connectivity index is 1.75. The number of benzene rings is 1. The third-order valence-electron chi connectivity index (χ3n) is 3.70. The summed E-state index contributed by atoms with van der Waals surface area (Å²) in [6.45, 7) is 2.59. The van der Waals surface area contributed by atoms with Crippen LogP contribution in [-0.2, 0) is 21.4 Å². The zero-order valence-corrected chi connectivity index (χ0v) is 13.9. The van der Waals surface area contributed by atoms with Gasteiger partial charge < -0.3 is 9.32 Å². The van der Waals surface area contributed by atoms with Gasteiger partial charge in [0.25, 0.3) is 10.0 Å². The molecule has 0 aliphatic carbocycles. The van der Waals surface area contributed by atoms with Gasteiger partial charge in [0.15, 0.2) is 0 Å². The van der Waals surface area contributed by atoms with Crippen LogP contribution in [0.1, 0.15) is 18.2 Å². The smallest absolute Gasteiger partial charge is 0.263 e. The van der Waals surface area contributed by atoms with Gasteiger partial charge in [-0.25, -0.2) is 8.42 Å². The number of carbonyl (C=O) groups excluding carboxylic acids is 1. The van der Waals surface area contributed by atoms with Gasteiger partial charge in [-0.2, -0.15) is 0 Å². The number of furan rings is 1. The highest BCUT2D eigenvalue weighted by atomic mass is 32.2. The first-order valence-corrected chi connectivity index (χ1v) is 8.96. The lowest BCUT2D eigenvalue weighted by atomic mass is 10.2. The summed E-state index contributed by atoms with van der Waals surface area (Å²) in [5.41, 5.74) is 0.486. The zero-order chi connectivity index (χ0) is 17.2. The molecule has 1 N–H and O–H groups in total. The molecule has 1 aromatic heterocycles. The number of hydrogen-bond acceptors (Lipinski definition) is 5. The highest BCUT2D eigenvalue weighted by Gasteiger charge is 2.30. The molecule has 8 heteroatoms. The van der Waals surface area contributed by atoms with Gasteiger partial charge in [0, 0.05) is 12.1 Å². The molecule has 2 heterocycles. The second kappa shape index (κ2) is 6.48. The molecule has 1 aliphatic rings. The summed E-state index contributed by atoms with van der Waals surface area (Å²) in [7, 11) is -3.59. The van der Waals surface area contributed by atoms with Crippen LogP contribution in [0.2, 0.25) is 0 Å². The number of sulfonamides is 1. The molecule has 0 saturated carbocycles. The summed E-state index contributed by atoms with van der Waals surface area (Å²) >= 11 is 0. The monoisotopic (exact) mass is 347 g/mol. The normalized spacial score (nSPS) is 16.6. The third kappa shape index (κ3) is 3.18. The van der Waals surface area contributed by atoms with Gasteiger partial charge in [-0.05, 0) is 31.2 Å². The van der Waals surface area contributed by atoms with Gasteiger partial charge in [0.05, 0.1) is 17.7 Å². The van der Waals surface area contributed by atoms with Crippen LogP contribution in [0.15, 0.2) is 57.0 Å². The fourth-order valence-electron chi connectivity index (χ4n) is 2.46. The molecular formula is C16H17N3O4S. The molecule has 24 heavy (non-hydrogen) atoms. The van der Waals surface area contributed by atoms with Crippen LogP contribution in [0.3, 0.4) is 0 Å². The number of nitrogens with zero attached hydrogens (tertiary/aromatic N) is 2. The standard InChI is InChI=1S/C16H17N3O4S/c1-2-19(11-12-6-5-9-23-12)15(20)10-17-16-13-7-3-4-8-14(13)24(21,22)18-16/h3-9H,2,10-11H2,1H3,(H,17,18). The highest BCUT2D eigenvalue weighted by molar-refractivity contribution is 7.90. The molecule has 1 aliphatic heterocycles. The Morgan fingerprint density at radius 3 is 2.75 bits per heavy atom. The molecule has 1 aromatic carbocycles. The lowest BCUT2D eigenvalue weighted by molar-refractivity contribution is -0.130. The van der Waals surface area contributed by atoms with Gasteiger partial charge in [-0.1, -0.05) is 12.1 Å². The molecule has 7 nitrogen and oxygen atoms in total. The van der Waals surface area contributed by atoms with E-state index in [4.69, 9.17) is 4.42 Å². The Morgan fingerprint density at radius 1 is 1.25 bits per heavy atom. The van der Waals surface area contributed by atoms with Crippen molar-refractivity contribution in [3.63, 3.8) is 0 Å². The average molecular weight is 347 g/mol. The van der Waals surface area contributed by atoms with Crippen molar-refractivity contribution in [3.8, 4) is 0 Å². The van der Waals surface area contributed by atoms with E-state index in [1.54, 1.807) is 41.5 Å². The van der Waals surface area contributed by atoms with E-state index in [9.17, 15) is 13.2 Å². The minimum atomic E-state index is -3.59. The van der Waals surface area contributed by atoms with Crippen LogP contribution in [0, 0.1) is 0 Å². The molecule has 0 saturated heterocycles. The molecule has 0 bridgehead atoms. The van der Waals surface area contributed by atoms with Crippen LogP contribution in [-0.4, -0.2) is 38.2 Å². The molecule has 0 radical (unpaired) electrons. The fraction of sp³-hybridized carbons (Fsp3) is 0.250. The second-order valence-corrected chi connectivity index (χ2v) is 6.90. The number of rotatable bonds is 5. The number of amides is 1. The molecular weight excluding hydrogens is 330 g/mol. The maximum absolute atomic E-state index is 12.3. The van der Waals surface area contributed by atoms with Crippen molar-refractivity contribution in [2.24, 2.45) is 4.99 Å². The van der Waals surface area contributed by atoms with Gasteiger partial charge in [-0.3, -0.25) is 14.5 Å². The molecule has 126 valence electrons. The van der Waals surface area contributed by atoms with E-state index in [0.29, 0.717) is 24.4 Å². The van der Waals surface area contributed by atoms with Gasteiger partial charge in [0.2, 0.25) is 5.91 Å². The molecule has 0 atom stereocenters. The lowest BCUT2D eigenvalue weighted by Gasteiger charge is -2.18. The number of carbonyl (C=O) groups is 1. The van der Waals surface area contributed by atoms with E-state index >= 15 is 0 Å². The molecule has 3 rings (SSSR count). The molecule has 0 fully saturated rings. The largest absolute Gasteiger partial charge is 0.467 e. The van der Waals surface area contributed by atoms with E-state index in [-0.39, 0.29) is 23.2 Å². The number of amidine groups is 1. The molecule has 0 spiro atoms. The number of nitrogens with one attached hydrogen (secondary N) is 1. The maximum Gasteiger partial charge on any atom is 0.263 e. The highest BCUT2D eigenvalue weighted by Crippen LogP contribution is 2.22. The summed E-state index contributed by atoms with van der Waals surface area (Å²) in [5.74, 6) is 0.683. The average Bonchev–Trinajstić information content (AvgIpc) is 3.17. The van der Waals surface area contributed by atoms with Crippen molar-refractivity contribution >= 4 is 21.8 Å². The van der Waals surface area contributed by atoms with Crippen molar-refractivity contribution < 1.29 is 17.6 Å². The van der Waals surface area contributed by atoms with Crippen LogP contribution in [0.4, 0.5) is 0 Å².